The molecule has 17 heavy (non-hydrogen) atoms. The molecule has 0 bridgehead atoms. The molecule has 0 aromatic heterocycles. The number of aryl methyl sites for hydroxylation is 1. The molecule has 0 fully saturated rings. The van der Waals surface area contributed by atoms with Crippen LogP contribution in [0.1, 0.15) is 24.0 Å². The fourth-order valence-corrected chi connectivity index (χ4v) is 1.68. The first-order valence-electron chi connectivity index (χ1n) is 5.43. The monoisotopic (exact) mass is 251 g/mol. The van der Waals surface area contributed by atoms with Crippen molar-refractivity contribution in [2.75, 3.05) is 11.9 Å². The second-order valence-electron chi connectivity index (χ2n) is 3.91. The van der Waals surface area contributed by atoms with Gasteiger partial charge < -0.3 is 16.8 Å². The zero-order valence-electron chi connectivity index (χ0n) is 9.82. The number of hydrogen-bond acceptors (Lipinski definition) is 3. The lowest BCUT2D eigenvalue weighted by Crippen LogP contribution is -2.15. The van der Waals surface area contributed by atoms with Gasteiger partial charge in [-0.3, -0.25) is 4.79 Å². The summed E-state index contributed by atoms with van der Waals surface area (Å²) in [5.74, 6) is -0.286. The van der Waals surface area contributed by atoms with Crippen molar-refractivity contribution >= 4 is 28.8 Å². The summed E-state index contributed by atoms with van der Waals surface area (Å²) >= 11 is 4.98. The topological polar surface area (TPSA) is 81.1 Å². The molecule has 0 saturated carbocycles. The molecule has 1 rings (SSSR count). The third-order valence-electron chi connectivity index (χ3n) is 2.36. The van der Waals surface area contributed by atoms with E-state index in [1.807, 2.05) is 25.1 Å². The maximum atomic E-state index is 10.6. The van der Waals surface area contributed by atoms with Gasteiger partial charge in [-0.1, -0.05) is 18.3 Å². The number of nitrogens with one attached hydrogen (secondary N) is 1. The van der Waals surface area contributed by atoms with Crippen molar-refractivity contribution in [3.63, 3.8) is 0 Å². The molecule has 5 heteroatoms. The van der Waals surface area contributed by atoms with Crippen LogP contribution < -0.4 is 16.8 Å². The Morgan fingerprint density at radius 2 is 2.12 bits per heavy atom. The Labute approximate surface area is 106 Å². The van der Waals surface area contributed by atoms with Gasteiger partial charge in [-0.2, -0.15) is 0 Å². The Hall–Kier alpha value is -1.62. The zero-order valence-corrected chi connectivity index (χ0v) is 10.6. The normalized spacial score (nSPS) is 9.94. The number of carbonyl (C=O) groups is 1. The summed E-state index contributed by atoms with van der Waals surface area (Å²) < 4.78 is 0. The van der Waals surface area contributed by atoms with Gasteiger partial charge >= 0.3 is 0 Å². The summed E-state index contributed by atoms with van der Waals surface area (Å²) in [5.41, 5.74) is 13.6. The van der Waals surface area contributed by atoms with Gasteiger partial charge in [0.1, 0.15) is 4.99 Å². The first kappa shape index (κ1) is 13.4. The van der Waals surface area contributed by atoms with Crippen LogP contribution in [0.4, 0.5) is 5.69 Å². The Morgan fingerprint density at radius 3 is 2.71 bits per heavy atom. The SMILES string of the molecule is Cc1ccc(C(N)=S)c(NCCCC(N)=O)c1. The maximum Gasteiger partial charge on any atom is 0.217 e. The smallest absolute Gasteiger partial charge is 0.217 e. The number of primary amides is 1. The van der Waals surface area contributed by atoms with E-state index in [1.165, 1.54) is 0 Å². The van der Waals surface area contributed by atoms with Gasteiger partial charge in [0, 0.05) is 24.2 Å². The largest absolute Gasteiger partial charge is 0.389 e. The van der Waals surface area contributed by atoms with E-state index < -0.39 is 0 Å². The average molecular weight is 251 g/mol. The van der Waals surface area contributed by atoms with Crippen molar-refractivity contribution in [3.8, 4) is 0 Å². The molecule has 5 N–H and O–H groups in total. The lowest BCUT2D eigenvalue weighted by molar-refractivity contribution is -0.118. The van der Waals surface area contributed by atoms with E-state index >= 15 is 0 Å². The highest BCUT2D eigenvalue weighted by Gasteiger charge is 2.05. The Bertz CT molecular complexity index is 432. The molecule has 0 spiro atoms. The van der Waals surface area contributed by atoms with E-state index in [9.17, 15) is 4.79 Å². The summed E-state index contributed by atoms with van der Waals surface area (Å²) in [6.45, 7) is 2.67. The minimum atomic E-state index is -0.286. The van der Waals surface area contributed by atoms with Crippen molar-refractivity contribution < 1.29 is 4.79 Å². The lowest BCUT2D eigenvalue weighted by atomic mass is 10.1. The predicted octanol–water partition coefficient (Wildman–Crippen LogP) is 1.31. The van der Waals surface area contributed by atoms with E-state index in [-0.39, 0.29) is 5.91 Å². The van der Waals surface area contributed by atoms with Gasteiger partial charge in [-0.15, -0.1) is 0 Å². The lowest BCUT2D eigenvalue weighted by Gasteiger charge is -2.11. The van der Waals surface area contributed by atoms with E-state index in [4.69, 9.17) is 23.7 Å². The van der Waals surface area contributed by atoms with Crippen LogP contribution in [0.25, 0.3) is 0 Å². The Kier molecular flexibility index (Phi) is 4.90. The highest BCUT2D eigenvalue weighted by atomic mass is 32.1. The highest BCUT2D eigenvalue weighted by Crippen LogP contribution is 2.17. The number of nitrogens with two attached hydrogens (primary N) is 2. The van der Waals surface area contributed by atoms with Gasteiger partial charge in [-0.05, 0) is 31.0 Å². The molecule has 1 amide bonds. The molecular formula is C12H17N3OS. The molecule has 0 aliphatic rings. The van der Waals surface area contributed by atoms with Gasteiger partial charge in [0.2, 0.25) is 5.91 Å². The van der Waals surface area contributed by atoms with Crippen LogP contribution in [0, 0.1) is 6.92 Å². The summed E-state index contributed by atoms with van der Waals surface area (Å²) in [5, 5.41) is 3.22. The van der Waals surface area contributed by atoms with Crippen molar-refractivity contribution in [3.05, 3.63) is 29.3 Å². The minimum absolute atomic E-state index is 0.286. The number of hydrogen-bond donors (Lipinski definition) is 3. The maximum absolute atomic E-state index is 10.6. The van der Waals surface area contributed by atoms with Crippen molar-refractivity contribution in [1.82, 2.24) is 0 Å². The number of rotatable bonds is 6. The Morgan fingerprint density at radius 1 is 1.41 bits per heavy atom. The van der Waals surface area contributed by atoms with Crippen LogP contribution in [-0.2, 0) is 4.79 Å². The van der Waals surface area contributed by atoms with Crippen LogP contribution in [0.5, 0.6) is 0 Å². The number of carbonyl (C=O) groups excluding carboxylic acids is 1. The van der Waals surface area contributed by atoms with Crippen LogP contribution >= 0.6 is 12.2 Å². The van der Waals surface area contributed by atoms with E-state index in [0.29, 0.717) is 24.4 Å². The van der Waals surface area contributed by atoms with E-state index in [0.717, 1.165) is 16.8 Å². The molecule has 1 aromatic carbocycles. The number of benzene rings is 1. The molecule has 0 radical (unpaired) electrons. The number of anilines is 1. The molecular weight excluding hydrogens is 234 g/mol. The predicted molar refractivity (Wildman–Crippen MR) is 74.0 cm³/mol. The molecule has 0 atom stereocenters. The van der Waals surface area contributed by atoms with Crippen LogP contribution in [-0.4, -0.2) is 17.4 Å². The second-order valence-corrected chi connectivity index (χ2v) is 4.35. The van der Waals surface area contributed by atoms with Crippen molar-refractivity contribution in [2.45, 2.75) is 19.8 Å². The van der Waals surface area contributed by atoms with Crippen molar-refractivity contribution in [1.29, 1.82) is 0 Å². The summed E-state index contributed by atoms with van der Waals surface area (Å²) in [4.78, 5) is 11.0. The highest BCUT2D eigenvalue weighted by molar-refractivity contribution is 7.80. The van der Waals surface area contributed by atoms with Gasteiger partial charge in [0.25, 0.3) is 0 Å². The first-order valence-corrected chi connectivity index (χ1v) is 5.84. The van der Waals surface area contributed by atoms with Gasteiger partial charge in [-0.25, -0.2) is 0 Å². The molecule has 0 unspecified atom stereocenters. The Balaban J connectivity index is 2.65. The van der Waals surface area contributed by atoms with Gasteiger partial charge in [0.15, 0.2) is 0 Å². The molecule has 1 aromatic rings. The molecule has 4 nitrogen and oxygen atoms in total. The van der Waals surface area contributed by atoms with Gasteiger partial charge in [0.05, 0.1) is 0 Å². The molecule has 0 saturated heterocycles. The fourth-order valence-electron chi connectivity index (χ4n) is 1.50. The zero-order chi connectivity index (χ0) is 12.8. The summed E-state index contributed by atoms with van der Waals surface area (Å²) in [6.07, 6.45) is 1.07. The first-order chi connectivity index (χ1) is 8.00. The van der Waals surface area contributed by atoms with Crippen LogP contribution in [0.15, 0.2) is 18.2 Å². The quantitative estimate of drug-likeness (QED) is 0.526. The fraction of sp³-hybridized carbons (Fsp3) is 0.333. The molecule has 92 valence electrons. The van der Waals surface area contributed by atoms with E-state index in [2.05, 4.69) is 5.32 Å². The third-order valence-corrected chi connectivity index (χ3v) is 2.58. The standard InChI is InChI=1S/C12H17N3OS/c1-8-4-5-9(12(14)17)10(7-8)15-6-2-3-11(13)16/h4-5,7,15H,2-3,6H2,1H3,(H2,13,16)(H2,14,17). The average Bonchev–Trinajstić information content (AvgIpc) is 2.23. The van der Waals surface area contributed by atoms with Crippen LogP contribution in [0.2, 0.25) is 0 Å². The number of amides is 1. The molecule has 0 heterocycles. The summed E-state index contributed by atoms with van der Waals surface area (Å²) in [6, 6.07) is 5.84. The minimum Gasteiger partial charge on any atom is -0.389 e. The van der Waals surface area contributed by atoms with Crippen molar-refractivity contribution in [2.24, 2.45) is 11.5 Å². The number of thiocarbonyl (C=S) groups is 1. The molecule has 0 aliphatic heterocycles. The second kappa shape index (κ2) is 6.20. The van der Waals surface area contributed by atoms with E-state index in [1.54, 1.807) is 0 Å². The third kappa shape index (κ3) is 4.40. The molecule has 0 aliphatic carbocycles. The summed E-state index contributed by atoms with van der Waals surface area (Å²) in [7, 11) is 0. The van der Waals surface area contributed by atoms with Crippen LogP contribution in [0.3, 0.4) is 0 Å².